The highest BCUT2D eigenvalue weighted by molar-refractivity contribution is 5.55. The van der Waals surface area contributed by atoms with Gasteiger partial charge in [0.15, 0.2) is 5.82 Å². The summed E-state index contributed by atoms with van der Waals surface area (Å²) >= 11 is 0. The number of aromatic nitrogens is 2. The first-order valence-electron chi connectivity index (χ1n) is 10.3. The van der Waals surface area contributed by atoms with E-state index in [2.05, 4.69) is 30.7 Å². The number of ether oxygens (including phenoxy) is 2. The maximum atomic E-state index is 5.80. The number of rotatable bonds is 13. The third-order valence-electron chi connectivity index (χ3n) is 4.70. The molecule has 0 radical (unpaired) electrons. The van der Waals surface area contributed by atoms with Gasteiger partial charge in [-0.3, -0.25) is 0 Å². The molecule has 4 heteroatoms. The predicted octanol–water partition coefficient (Wildman–Crippen LogP) is 5.71. The second-order valence-corrected chi connectivity index (χ2v) is 7.19. The lowest BCUT2D eigenvalue weighted by Crippen LogP contribution is -2.07. The zero-order valence-corrected chi connectivity index (χ0v) is 17.1. The van der Waals surface area contributed by atoms with E-state index >= 15 is 0 Å². The van der Waals surface area contributed by atoms with Gasteiger partial charge in [0, 0.05) is 31.2 Å². The Kier molecular flexibility index (Phi) is 9.85. The molecule has 4 nitrogen and oxygen atoms in total. The molecule has 0 amide bonds. The standard InChI is InChI=1S/C23H34N2O2/c1-4-6-7-14-26-15-8-9-20-16-24-23(25-17-20)21-10-12-22(13-11-21)27-18-19(3)5-2/h10-13,16-17,19H,4-9,14-15,18H2,1-3H3. The summed E-state index contributed by atoms with van der Waals surface area (Å²) in [6.45, 7) is 9.02. The van der Waals surface area contributed by atoms with E-state index in [1.165, 1.54) is 12.8 Å². The van der Waals surface area contributed by atoms with Crippen LogP contribution >= 0.6 is 0 Å². The average molecular weight is 371 g/mol. The van der Waals surface area contributed by atoms with Crippen molar-refractivity contribution < 1.29 is 9.47 Å². The van der Waals surface area contributed by atoms with Crippen LogP contribution in [-0.4, -0.2) is 29.8 Å². The van der Waals surface area contributed by atoms with Crippen LogP contribution in [0.4, 0.5) is 0 Å². The molecule has 2 rings (SSSR count). The lowest BCUT2D eigenvalue weighted by Gasteiger charge is -2.11. The average Bonchev–Trinajstić information content (AvgIpc) is 2.72. The van der Waals surface area contributed by atoms with Crippen LogP contribution in [0.15, 0.2) is 36.7 Å². The molecule has 0 saturated carbocycles. The highest BCUT2D eigenvalue weighted by atomic mass is 16.5. The van der Waals surface area contributed by atoms with Crippen molar-refractivity contribution in [3.63, 3.8) is 0 Å². The van der Waals surface area contributed by atoms with Gasteiger partial charge in [-0.05, 0) is 55.0 Å². The van der Waals surface area contributed by atoms with Crippen molar-refractivity contribution in [1.82, 2.24) is 9.97 Å². The topological polar surface area (TPSA) is 44.2 Å². The minimum atomic E-state index is 0.572. The fraction of sp³-hybridized carbons (Fsp3) is 0.565. The van der Waals surface area contributed by atoms with E-state index in [1.54, 1.807) is 0 Å². The molecular weight excluding hydrogens is 336 g/mol. The number of benzene rings is 1. The smallest absolute Gasteiger partial charge is 0.159 e. The molecule has 1 atom stereocenters. The molecule has 0 N–H and O–H groups in total. The van der Waals surface area contributed by atoms with Crippen molar-refractivity contribution in [1.29, 1.82) is 0 Å². The SMILES string of the molecule is CCCCCOCCCc1cnc(-c2ccc(OCC(C)CC)cc2)nc1. The molecule has 0 saturated heterocycles. The van der Waals surface area contributed by atoms with E-state index in [-0.39, 0.29) is 0 Å². The van der Waals surface area contributed by atoms with Crippen molar-refractivity contribution >= 4 is 0 Å². The summed E-state index contributed by atoms with van der Waals surface area (Å²) in [4.78, 5) is 9.03. The fourth-order valence-electron chi connectivity index (χ4n) is 2.62. The molecule has 0 aliphatic carbocycles. The molecule has 0 aliphatic rings. The first-order chi connectivity index (χ1) is 13.2. The van der Waals surface area contributed by atoms with E-state index in [0.29, 0.717) is 5.92 Å². The molecule has 0 spiro atoms. The molecule has 1 aromatic heterocycles. The second-order valence-electron chi connectivity index (χ2n) is 7.19. The van der Waals surface area contributed by atoms with Crippen LogP contribution in [0.5, 0.6) is 5.75 Å². The van der Waals surface area contributed by atoms with Crippen molar-refractivity contribution in [3.8, 4) is 17.1 Å². The quantitative estimate of drug-likeness (QED) is 0.424. The number of unbranched alkanes of at least 4 members (excludes halogenated alkanes) is 2. The molecule has 27 heavy (non-hydrogen) atoms. The van der Waals surface area contributed by atoms with Crippen LogP contribution in [0, 0.1) is 5.92 Å². The van der Waals surface area contributed by atoms with Gasteiger partial charge in [-0.15, -0.1) is 0 Å². The summed E-state index contributed by atoms with van der Waals surface area (Å²) in [5.74, 6) is 2.22. The van der Waals surface area contributed by atoms with E-state index < -0.39 is 0 Å². The largest absolute Gasteiger partial charge is 0.493 e. The Labute approximate surface area is 164 Å². The van der Waals surface area contributed by atoms with Crippen molar-refractivity contribution in [2.45, 2.75) is 59.3 Å². The van der Waals surface area contributed by atoms with Gasteiger partial charge < -0.3 is 9.47 Å². The van der Waals surface area contributed by atoms with E-state index in [0.717, 1.165) is 68.2 Å². The highest BCUT2D eigenvalue weighted by Crippen LogP contribution is 2.20. The molecule has 0 aliphatic heterocycles. The zero-order valence-electron chi connectivity index (χ0n) is 17.1. The number of hydrogen-bond acceptors (Lipinski definition) is 4. The molecule has 148 valence electrons. The summed E-state index contributed by atoms with van der Waals surface area (Å²) in [6, 6.07) is 8.02. The van der Waals surface area contributed by atoms with Gasteiger partial charge in [-0.25, -0.2) is 9.97 Å². The maximum Gasteiger partial charge on any atom is 0.159 e. The van der Waals surface area contributed by atoms with E-state index in [4.69, 9.17) is 9.47 Å². The normalized spacial score (nSPS) is 12.1. The van der Waals surface area contributed by atoms with Crippen LogP contribution in [0.25, 0.3) is 11.4 Å². The Morgan fingerprint density at radius 3 is 2.30 bits per heavy atom. The van der Waals surface area contributed by atoms with Crippen LogP contribution in [0.1, 0.15) is 58.4 Å². The Balaban J connectivity index is 1.75. The monoisotopic (exact) mass is 370 g/mol. The molecule has 0 fully saturated rings. The van der Waals surface area contributed by atoms with Gasteiger partial charge in [0.25, 0.3) is 0 Å². The Bertz CT molecular complexity index is 626. The number of aryl methyl sites for hydroxylation is 1. The predicted molar refractivity (Wildman–Crippen MR) is 111 cm³/mol. The summed E-state index contributed by atoms with van der Waals surface area (Å²) in [5, 5.41) is 0. The maximum absolute atomic E-state index is 5.80. The van der Waals surface area contributed by atoms with Gasteiger partial charge in [0.1, 0.15) is 5.75 Å². The van der Waals surface area contributed by atoms with Crippen LogP contribution < -0.4 is 4.74 Å². The van der Waals surface area contributed by atoms with Crippen LogP contribution in [0.3, 0.4) is 0 Å². The molecule has 2 aromatic rings. The molecule has 1 aromatic carbocycles. The van der Waals surface area contributed by atoms with Crippen LogP contribution in [-0.2, 0) is 11.2 Å². The Morgan fingerprint density at radius 2 is 1.63 bits per heavy atom. The summed E-state index contributed by atoms with van der Waals surface area (Å²) in [7, 11) is 0. The van der Waals surface area contributed by atoms with Gasteiger partial charge >= 0.3 is 0 Å². The van der Waals surface area contributed by atoms with Crippen molar-refractivity contribution in [2.24, 2.45) is 5.92 Å². The molecular formula is C23H34N2O2. The van der Waals surface area contributed by atoms with Crippen molar-refractivity contribution in [2.75, 3.05) is 19.8 Å². The minimum Gasteiger partial charge on any atom is -0.493 e. The molecule has 0 bridgehead atoms. The van der Waals surface area contributed by atoms with Crippen molar-refractivity contribution in [3.05, 3.63) is 42.2 Å². The minimum absolute atomic E-state index is 0.572. The van der Waals surface area contributed by atoms with Gasteiger partial charge in [-0.1, -0.05) is 40.0 Å². The van der Waals surface area contributed by atoms with Gasteiger partial charge in [-0.2, -0.15) is 0 Å². The number of hydrogen-bond donors (Lipinski definition) is 0. The Morgan fingerprint density at radius 1 is 0.926 bits per heavy atom. The third kappa shape index (κ3) is 8.08. The lowest BCUT2D eigenvalue weighted by molar-refractivity contribution is 0.128. The fourth-order valence-corrected chi connectivity index (χ4v) is 2.62. The third-order valence-corrected chi connectivity index (χ3v) is 4.70. The first kappa shape index (κ1) is 21.4. The highest BCUT2D eigenvalue weighted by Gasteiger charge is 2.04. The zero-order chi connectivity index (χ0) is 19.3. The second kappa shape index (κ2) is 12.4. The van der Waals surface area contributed by atoms with Gasteiger partial charge in [0.2, 0.25) is 0 Å². The summed E-state index contributed by atoms with van der Waals surface area (Å²) in [6.07, 6.45) is 10.6. The summed E-state index contributed by atoms with van der Waals surface area (Å²) in [5.41, 5.74) is 2.17. The van der Waals surface area contributed by atoms with E-state index in [9.17, 15) is 0 Å². The van der Waals surface area contributed by atoms with Gasteiger partial charge in [0.05, 0.1) is 6.61 Å². The Hall–Kier alpha value is -1.94. The summed E-state index contributed by atoms with van der Waals surface area (Å²) < 4.78 is 11.5. The van der Waals surface area contributed by atoms with Crippen LogP contribution in [0.2, 0.25) is 0 Å². The first-order valence-corrected chi connectivity index (χ1v) is 10.3. The molecule has 1 unspecified atom stereocenters. The molecule has 1 heterocycles. The van der Waals surface area contributed by atoms with E-state index in [1.807, 2.05) is 36.7 Å². The number of nitrogens with zero attached hydrogens (tertiary/aromatic N) is 2. The lowest BCUT2D eigenvalue weighted by atomic mass is 10.1.